The largest absolute Gasteiger partial charge is 0.348 e. The van der Waals surface area contributed by atoms with Gasteiger partial charge in [-0.25, -0.2) is 8.78 Å². The lowest BCUT2D eigenvalue weighted by Crippen LogP contribution is -2.42. The molecule has 1 fully saturated rings. The van der Waals surface area contributed by atoms with Gasteiger partial charge < -0.3 is 9.88 Å². The Morgan fingerprint density at radius 3 is 2.77 bits per heavy atom. The van der Waals surface area contributed by atoms with Gasteiger partial charge in [0.05, 0.1) is 22.7 Å². The van der Waals surface area contributed by atoms with Crippen molar-refractivity contribution >= 4 is 16.7 Å². The molecular weight excluding hydrogens is 388 g/mol. The van der Waals surface area contributed by atoms with Crippen LogP contribution >= 0.6 is 0 Å². The van der Waals surface area contributed by atoms with Crippen molar-refractivity contribution in [2.45, 2.75) is 32.0 Å². The Balaban J connectivity index is 1.65. The molecular formula is C23H21F2N3O2. The zero-order valence-electron chi connectivity index (χ0n) is 16.3. The second-order valence-electron chi connectivity index (χ2n) is 7.89. The van der Waals surface area contributed by atoms with Crippen molar-refractivity contribution in [3.05, 3.63) is 81.3 Å². The van der Waals surface area contributed by atoms with Gasteiger partial charge in [-0.1, -0.05) is 24.3 Å². The molecule has 0 spiro atoms. The van der Waals surface area contributed by atoms with Crippen LogP contribution in [0.25, 0.3) is 10.8 Å². The van der Waals surface area contributed by atoms with E-state index in [9.17, 15) is 18.4 Å². The molecule has 2 aliphatic rings. The first-order chi connectivity index (χ1) is 14.5. The van der Waals surface area contributed by atoms with Crippen molar-refractivity contribution in [1.82, 2.24) is 14.8 Å². The lowest BCUT2D eigenvalue weighted by molar-refractivity contribution is 0.0945. The normalized spacial score (nSPS) is 18.3. The molecule has 7 heteroatoms. The maximum Gasteiger partial charge on any atom is 0.261 e. The van der Waals surface area contributed by atoms with Crippen LogP contribution in [0.3, 0.4) is 0 Å². The molecule has 1 aromatic heterocycles. The van der Waals surface area contributed by atoms with Crippen LogP contribution in [0.15, 0.2) is 47.3 Å². The summed E-state index contributed by atoms with van der Waals surface area (Å²) in [6.07, 6.45) is 1.84. The summed E-state index contributed by atoms with van der Waals surface area (Å²) in [5, 5.41) is 3.12. The number of carbonyl (C=O) groups is 1. The molecule has 1 atom stereocenters. The molecule has 1 N–H and O–H groups in total. The lowest BCUT2D eigenvalue weighted by atomic mass is 9.95. The first kappa shape index (κ1) is 18.9. The van der Waals surface area contributed by atoms with Gasteiger partial charge in [0.25, 0.3) is 11.5 Å². The van der Waals surface area contributed by atoms with E-state index in [1.165, 1.54) is 24.3 Å². The first-order valence-corrected chi connectivity index (χ1v) is 10.2. The van der Waals surface area contributed by atoms with Gasteiger partial charge in [0.1, 0.15) is 11.6 Å². The summed E-state index contributed by atoms with van der Waals surface area (Å²) in [5.41, 5.74) is 1.25. The summed E-state index contributed by atoms with van der Waals surface area (Å²) in [5.74, 6) is -1.38. The van der Waals surface area contributed by atoms with Gasteiger partial charge >= 0.3 is 0 Å². The summed E-state index contributed by atoms with van der Waals surface area (Å²) in [4.78, 5) is 28.7. The number of hydrogen-bond donors (Lipinski definition) is 1. The number of halogens is 2. The minimum atomic E-state index is -0.624. The van der Waals surface area contributed by atoms with Crippen molar-refractivity contribution < 1.29 is 13.6 Å². The number of fused-ring (bicyclic) bond motifs is 4. The number of nitrogens with one attached hydrogen (secondary N) is 1. The van der Waals surface area contributed by atoms with E-state index in [1.807, 2.05) is 0 Å². The molecule has 5 rings (SSSR count). The molecule has 154 valence electrons. The SMILES string of the molecule is O=C(NCc1cccc(F)c1)c1c2n(c(=O)c3c(F)cccc13)CCN1CCCC21. The topological polar surface area (TPSA) is 54.3 Å². The second kappa shape index (κ2) is 7.32. The van der Waals surface area contributed by atoms with E-state index in [-0.39, 0.29) is 35.3 Å². The number of amides is 1. The Morgan fingerprint density at radius 1 is 1.10 bits per heavy atom. The lowest BCUT2D eigenvalue weighted by Gasteiger charge is -2.34. The standard InChI is InChI=1S/C23H21F2N3O2/c24-15-5-1-4-14(12-15)13-26-22(29)20-16-6-2-7-17(25)19(16)23(30)28-11-10-27-9-3-8-18(27)21(20)28/h1-2,4-7,12,18H,3,8-11,13H2,(H,26,29). The van der Waals surface area contributed by atoms with Gasteiger partial charge in [0, 0.05) is 25.0 Å². The Bertz CT molecular complexity index is 1220. The van der Waals surface area contributed by atoms with Gasteiger partial charge in [0.15, 0.2) is 0 Å². The minimum absolute atomic E-state index is 0.0333. The van der Waals surface area contributed by atoms with Crippen LogP contribution in [0.4, 0.5) is 8.78 Å². The van der Waals surface area contributed by atoms with Crippen LogP contribution in [-0.2, 0) is 13.1 Å². The van der Waals surface area contributed by atoms with E-state index in [4.69, 9.17) is 0 Å². The van der Waals surface area contributed by atoms with Crippen molar-refractivity contribution in [3.8, 4) is 0 Å². The van der Waals surface area contributed by atoms with Crippen molar-refractivity contribution in [2.24, 2.45) is 0 Å². The summed E-state index contributed by atoms with van der Waals surface area (Å²) >= 11 is 0. The molecule has 0 aliphatic carbocycles. The van der Waals surface area contributed by atoms with E-state index >= 15 is 0 Å². The number of nitrogens with zero attached hydrogens (tertiary/aromatic N) is 2. The van der Waals surface area contributed by atoms with E-state index < -0.39 is 5.82 Å². The molecule has 0 saturated carbocycles. The second-order valence-corrected chi connectivity index (χ2v) is 7.89. The highest BCUT2D eigenvalue weighted by atomic mass is 19.1. The molecule has 1 saturated heterocycles. The maximum atomic E-state index is 14.6. The molecule has 5 nitrogen and oxygen atoms in total. The van der Waals surface area contributed by atoms with E-state index in [0.29, 0.717) is 35.3 Å². The Kier molecular flexibility index (Phi) is 4.62. The fourth-order valence-electron chi connectivity index (χ4n) is 4.82. The van der Waals surface area contributed by atoms with Gasteiger partial charge in [0.2, 0.25) is 0 Å². The van der Waals surface area contributed by atoms with Crippen molar-refractivity contribution in [3.63, 3.8) is 0 Å². The highest BCUT2D eigenvalue weighted by Gasteiger charge is 2.37. The molecule has 30 heavy (non-hydrogen) atoms. The molecule has 3 aromatic rings. The highest BCUT2D eigenvalue weighted by molar-refractivity contribution is 6.08. The number of carbonyl (C=O) groups excluding carboxylic acids is 1. The van der Waals surface area contributed by atoms with Crippen molar-refractivity contribution in [2.75, 3.05) is 13.1 Å². The van der Waals surface area contributed by atoms with E-state index in [1.54, 1.807) is 22.8 Å². The average Bonchev–Trinajstić information content (AvgIpc) is 3.21. The molecule has 0 bridgehead atoms. The summed E-state index contributed by atoms with van der Waals surface area (Å²) in [7, 11) is 0. The third-order valence-electron chi connectivity index (χ3n) is 6.15. The summed E-state index contributed by atoms with van der Waals surface area (Å²) < 4.78 is 29.7. The van der Waals surface area contributed by atoms with Crippen LogP contribution < -0.4 is 10.9 Å². The minimum Gasteiger partial charge on any atom is -0.348 e. The van der Waals surface area contributed by atoms with Gasteiger partial charge in [-0.05, 0) is 43.1 Å². The number of benzene rings is 2. The molecule has 0 radical (unpaired) electrons. The van der Waals surface area contributed by atoms with Gasteiger partial charge in [-0.15, -0.1) is 0 Å². The molecule has 1 unspecified atom stereocenters. The fraction of sp³-hybridized carbons (Fsp3) is 0.304. The molecule has 3 heterocycles. The molecule has 2 aromatic carbocycles. The fourth-order valence-corrected chi connectivity index (χ4v) is 4.82. The predicted octanol–water partition coefficient (Wildman–Crippen LogP) is 3.36. The summed E-state index contributed by atoms with van der Waals surface area (Å²) in [6, 6.07) is 10.4. The predicted molar refractivity (Wildman–Crippen MR) is 109 cm³/mol. The van der Waals surface area contributed by atoms with Crippen LogP contribution in [0.5, 0.6) is 0 Å². The van der Waals surface area contributed by atoms with Gasteiger partial charge in [-0.2, -0.15) is 0 Å². The maximum absolute atomic E-state index is 14.6. The Labute approximate surface area is 171 Å². The number of rotatable bonds is 3. The number of hydrogen-bond acceptors (Lipinski definition) is 3. The van der Waals surface area contributed by atoms with Crippen LogP contribution in [-0.4, -0.2) is 28.5 Å². The first-order valence-electron chi connectivity index (χ1n) is 10.2. The van der Waals surface area contributed by atoms with Crippen molar-refractivity contribution in [1.29, 1.82) is 0 Å². The van der Waals surface area contributed by atoms with Gasteiger partial charge in [-0.3, -0.25) is 14.5 Å². The quantitative estimate of drug-likeness (QED) is 0.722. The molecule has 2 aliphatic heterocycles. The molecule has 1 amide bonds. The smallest absolute Gasteiger partial charge is 0.261 e. The zero-order valence-corrected chi connectivity index (χ0v) is 16.3. The third kappa shape index (κ3) is 3.01. The van der Waals surface area contributed by atoms with E-state index in [2.05, 4.69) is 10.2 Å². The van der Waals surface area contributed by atoms with Crippen LogP contribution in [0.2, 0.25) is 0 Å². The highest BCUT2D eigenvalue weighted by Crippen LogP contribution is 2.38. The number of aromatic nitrogens is 1. The Morgan fingerprint density at radius 2 is 1.93 bits per heavy atom. The number of pyridine rings is 1. The van der Waals surface area contributed by atoms with Crippen LogP contribution in [0.1, 0.15) is 40.5 Å². The average molecular weight is 409 g/mol. The summed E-state index contributed by atoms with van der Waals surface area (Å²) in [6.45, 7) is 2.20. The Hall–Kier alpha value is -3.06. The van der Waals surface area contributed by atoms with Crippen LogP contribution in [0, 0.1) is 11.6 Å². The zero-order chi connectivity index (χ0) is 20.8. The third-order valence-corrected chi connectivity index (χ3v) is 6.15. The van der Waals surface area contributed by atoms with E-state index in [0.717, 1.165) is 19.4 Å². The monoisotopic (exact) mass is 409 g/mol.